The minimum Gasteiger partial charge on any atom is -0.393 e. The van der Waals surface area contributed by atoms with Gasteiger partial charge < -0.3 is 14.9 Å². The minimum atomic E-state index is -1.25. The van der Waals surface area contributed by atoms with Gasteiger partial charge in [0, 0.05) is 35.6 Å². The summed E-state index contributed by atoms with van der Waals surface area (Å²) < 4.78 is 14.8. The molecule has 0 aromatic heterocycles. The van der Waals surface area contributed by atoms with Crippen molar-refractivity contribution in [1.82, 2.24) is 9.80 Å². The van der Waals surface area contributed by atoms with Crippen molar-refractivity contribution < 1.29 is 23.9 Å². The van der Waals surface area contributed by atoms with Crippen molar-refractivity contribution in [3.63, 3.8) is 0 Å². The van der Waals surface area contributed by atoms with Gasteiger partial charge in [0.25, 0.3) is 5.91 Å². The summed E-state index contributed by atoms with van der Waals surface area (Å²) >= 11 is 11.9. The third-order valence-corrected chi connectivity index (χ3v) is 7.99. The quantitative estimate of drug-likeness (QED) is 0.650. The Morgan fingerprint density at radius 1 is 1.03 bits per heavy atom. The standard InChI is InChI=1S/C26H26Cl2FN3O4/c27-18-3-1-16(2-4-18)14-32-23(34)15-31(22-6-5-19(28)11-21(22)29)25(36)26(32)12-17(13-26)24(35)30-9-7-20(33)8-10-30/h1-6,11,17,20,33H,7-10,12-15H2. The SMILES string of the molecule is O=C(C1CC2(C1)C(=O)N(c1ccc(Cl)cc1F)CC(=O)N2Cc1ccc(Cl)cc1)N1CCC(O)CC1. The number of rotatable bonds is 4. The third kappa shape index (κ3) is 4.46. The average molecular weight is 534 g/mol. The number of amides is 3. The van der Waals surface area contributed by atoms with Crippen LogP contribution in [0, 0.1) is 11.7 Å². The molecule has 10 heteroatoms. The molecule has 36 heavy (non-hydrogen) atoms. The Hall–Kier alpha value is -2.68. The van der Waals surface area contributed by atoms with Crippen LogP contribution in [0.4, 0.5) is 10.1 Å². The summed E-state index contributed by atoms with van der Waals surface area (Å²) in [5.41, 5.74) is -0.467. The van der Waals surface area contributed by atoms with E-state index in [0.29, 0.717) is 31.0 Å². The maximum absolute atomic E-state index is 14.8. The van der Waals surface area contributed by atoms with Gasteiger partial charge in [0.1, 0.15) is 17.9 Å². The smallest absolute Gasteiger partial charge is 0.253 e. The summed E-state index contributed by atoms with van der Waals surface area (Å²) in [6, 6.07) is 11.0. The topological polar surface area (TPSA) is 81.2 Å². The molecule has 0 atom stereocenters. The number of benzene rings is 2. The first-order valence-corrected chi connectivity index (χ1v) is 12.7. The summed E-state index contributed by atoms with van der Waals surface area (Å²) in [7, 11) is 0. The van der Waals surface area contributed by atoms with Gasteiger partial charge in [0.05, 0.1) is 11.8 Å². The van der Waals surface area contributed by atoms with Gasteiger partial charge in [-0.2, -0.15) is 0 Å². The van der Waals surface area contributed by atoms with Crippen LogP contribution in [-0.2, 0) is 20.9 Å². The monoisotopic (exact) mass is 533 g/mol. The highest BCUT2D eigenvalue weighted by Gasteiger charge is 2.62. The lowest BCUT2D eigenvalue weighted by atomic mass is 9.64. The van der Waals surface area contributed by atoms with E-state index in [1.165, 1.54) is 21.9 Å². The number of carbonyl (C=O) groups is 3. The number of carbonyl (C=O) groups excluding carboxylic acids is 3. The molecular formula is C26H26Cl2FN3O4. The molecular weight excluding hydrogens is 508 g/mol. The number of aliphatic hydroxyl groups excluding tert-OH is 1. The molecule has 5 rings (SSSR count). The van der Waals surface area contributed by atoms with Gasteiger partial charge in [-0.15, -0.1) is 0 Å². The van der Waals surface area contributed by atoms with Gasteiger partial charge in [-0.1, -0.05) is 35.3 Å². The zero-order valence-electron chi connectivity index (χ0n) is 19.5. The van der Waals surface area contributed by atoms with E-state index in [1.54, 1.807) is 29.2 Å². The predicted octanol–water partition coefficient (Wildman–Crippen LogP) is 3.64. The number of nitrogens with zero attached hydrogens (tertiary/aromatic N) is 3. The number of hydrogen-bond acceptors (Lipinski definition) is 4. The molecule has 2 heterocycles. The number of anilines is 1. The van der Waals surface area contributed by atoms with Gasteiger partial charge >= 0.3 is 0 Å². The zero-order valence-corrected chi connectivity index (χ0v) is 21.0. The fourth-order valence-electron chi connectivity index (χ4n) is 5.47. The maximum atomic E-state index is 14.8. The van der Waals surface area contributed by atoms with E-state index < -0.39 is 29.3 Å². The van der Waals surface area contributed by atoms with Crippen LogP contribution in [-0.4, -0.2) is 63.9 Å². The molecule has 1 aliphatic carbocycles. The van der Waals surface area contributed by atoms with Crippen LogP contribution in [0.1, 0.15) is 31.2 Å². The fourth-order valence-corrected chi connectivity index (χ4v) is 5.76. The molecule has 1 N–H and O–H groups in total. The van der Waals surface area contributed by atoms with E-state index in [-0.39, 0.29) is 48.5 Å². The number of aliphatic hydroxyl groups is 1. The second-order valence-corrected chi connectivity index (χ2v) is 10.7. The van der Waals surface area contributed by atoms with Crippen molar-refractivity contribution in [2.75, 3.05) is 24.5 Å². The van der Waals surface area contributed by atoms with Crippen LogP contribution >= 0.6 is 23.2 Å². The third-order valence-electron chi connectivity index (χ3n) is 7.50. The van der Waals surface area contributed by atoms with Crippen molar-refractivity contribution in [2.24, 2.45) is 5.92 Å². The molecule has 2 aliphatic heterocycles. The lowest BCUT2D eigenvalue weighted by Crippen LogP contribution is -2.74. The summed E-state index contributed by atoms with van der Waals surface area (Å²) in [5, 5.41) is 10.5. The minimum absolute atomic E-state index is 0.0111. The molecule has 2 aromatic rings. The Kier molecular flexibility index (Phi) is 6.70. The maximum Gasteiger partial charge on any atom is 0.253 e. The second kappa shape index (κ2) is 9.65. The molecule has 1 saturated carbocycles. The first kappa shape index (κ1) is 25.0. The van der Waals surface area contributed by atoms with Crippen LogP contribution in [0.2, 0.25) is 10.0 Å². The van der Waals surface area contributed by atoms with E-state index >= 15 is 0 Å². The van der Waals surface area contributed by atoms with Gasteiger partial charge in [-0.3, -0.25) is 19.3 Å². The molecule has 190 valence electrons. The molecule has 7 nitrogen and oxygen atoms in total. The lowest BCUT2D eigenvalue weighted by molar-refractivity contribution is -0.168. The molecule has 3 amide bonds. The zero-order chi connectivity index (χ0) is 25.6. The largest absolute Gasteiger partial charge is 0.393 e. The number of piperazine rings is 1. The number of hydrogen-bond donors (Lipinski definition) is 1. The Bertz CT molecular complexity index is 1190. The van der Waals surface area contributed by atoms with E-state index in [9.17, 15) is 23.9 Å². The van der Waals surface area contributed by atoms with E-state index in [1.807, 2.05) is 0 Å². The van der Waals surface area contributed by atoms with Crippen molar-refractivity contribution in [2.45, 2.75) is 43.9 Å². The molecule has 3 aliphatic rings. The molecule has 0 unspecified atom stereocenters. The van der Waals surface area contributed by atoms with E-state index in [0.717, 1.165) is 11.6 Å². The Labute approximate surface area is 218 Å². The van der Waals surface area contributed by atoms with Crippen LogP contribution in [0.15, 0.2) is 42.5 Å². The number of likely N-dealkylation sites (tertiary alicyclic amines) is 1. The number of halogens is 3. The normalized spacial score (nSPS) is 24.9. The van der Waals surface area contributed by atoms with Crippen LogP contribution in [0.5, 0.6) is 0 Å². The van der Waals surface area contributed by atoms with Crippen LogP contribution < -0.4 is 4.90 Å². The Balaban J connectivity index is 1.43. The summed E-state index contributed by atoms with van der Waals surface area (Å²) in [5.74, 6) is -1.93. The van der Waals surface area contributed by atoms with Gasteiger partial charge in [-0.25, -0.2) is 4.39 Å². The molecule has 2 aromatic carbocycles. The first-order chi connectivity index (χ1) is 17.2. The lowest BCUT2D eigenvalue weighted by Gasteiger charge is -2.57. The van der Waals surface area contributed by atoms with Gasteiger partial charge in [0.15, 0.2) is 0 Å². The van der Waals surface area contributed by atoms with Crippen LogP contribution in [0.25, 0.3) is 0 Å². The Morgan fingerprint density at radius 2 is 1.67 bits per heavy atom. The predicted molar refractivity (Wildman–Crippen MR) is 133 cm³/mol. The van der Waals surface area contributed by atoms with Crippen molar-refractivity contribution in [3.05, 3.63) is 63.9 Å². The highest BCUT2D eigenvalue weighted by atomic mass is 35.5. The molecule has 0 bridgehead atoms. The van der Waals surface area contributed by atoms with Gasteiger partial charge in [0.2, 0.25) is 11.8 Å². The second-order valence-electron chi connectivity index (χ2n) is 9.79. The van der Waals surface area contributed by atoms with Crippen molar-refractivity contribution in [3.8, 4) is 0 Å². The fraction of sp³-hybridized carbons (Fsp3) is 0.423. The number of piperidine rings is 1. The van der Waals surface area contributed by atoms with Gasteiger partial charge in [-0.05, 0) is 61.6 Å². The molecule has 2 saturated heterocycles. The molecule has 3 fully saturated rings. The average Bonchev–Trinajstić information content (AvgIpc) is 2.82. The highest BCUT2D eigenvalue weighted by molar-refractivity contribution is 6.31. The summed E-state index contributed by atoms with van der Waals surface area (Å²) in [6.45, 7) is 0.796. The van der Waals surface area contributed by atoms with Crippen molar-refractivity contribution >= 4 is 46.6 Å². The van der Waals surface area contributed by atoms with E-state index in [2.05, 4.69) is 0 Å². The molecule has 1 spiro atoms. The Morgan fingerprint density at radius 3 is 2.31 bits per heavy atom. The van der Waals surface area contributed by atoms with E-state index in [4.69, 9.17) is 23.2 Å². The summed E-state index contributed by atoms with van der Waals surface area (Å²) in [4.78, 5) is 44.9. The van der Waals surface area contributed by atoms with Crippen LogP contribution in [0.3, 0.4) is 0 Å². The highest BCUT2D eigenvalue weighted by Crippen LogP contribution is 2.48. The summed E-state index contributed by atoms with van der Waals surface area (Å²) in [6.07, 6.45) is 0.960. The first-order valence-electron chi connectivity index (χ1n) is 12.0. The molecule has 0 radical (unpaired) electrons. The van der Waals surface area contributed by atoms with Crippen molar-refractivity contribution in [1.29, 1.82) is 0 Å².